The molecule has 0 N–H and O–H groups in total. The molecule has 1 heterocycles. The molecule has 0 unspecified atom stereocenters. The van der Waals surface area contributed by atoms with Gasteiger partial charge in [-0.1, -0.05) is 35.3 Å². The molecule has 0 bridgehead atoms. The predicted molar refractivity (Wildman–Crippen MR) is 69.6 cm³/mol. The lowest BCUT2D eigenvalue weighted by Crippen LogP contribution is -1.96. The molecule has 1 aromatic heterocycles. The van der Waals surface area contributed by atoms with E-state index in [0.29, 0.717) is 16.4 Å². The Morgan fingerprint density at radius 3 is 2.72 bits per heavy atom. The van der Waals surface area contributed by atoms with Gasteiger partial charge in [-0.15, -0.1) is 0 Å². The smallest absolute Gasteiger partial charge is 0.236 e. The Morgan fingerprint density at radius 2 is 2.06 bits per heavy atom. The van der Waals surface area contributed by atoms with E-state index in [1.807, 2.05) is 0 Å². The number of para-hydroxylation sites is 1. The van der Waals surface area contributed by atoms with Crippen molar-refractivity contribution in [2.24, 2.45) is 0 Å². The van der Waals surface area contributed by atoms with Crippen molar-refractivity contribution in [1.29, 1.82) is 0 Å². The summed E-state index contributed by atoms with van der Waals surface area (Å²) in [6.07, 6.45) is 3.54. The van der Waals surface area contributed by atoms with Gasteiger partial charge in [0.05, 0.1) is 21.3 Å². The topological polar surface area (TPSA) is 61.0 Å². The van der Waals surface area contributed by atoms with Crippen LogP contribution in [0.3, 0.4) is 0 Å². The van der Waals surface area contributed by atoms with Crippen LogP contribution in [-0.4, -0.2) is 14.5 Å². The third kappa shape index (κ3) is 2.52. The van der Waals surface area contributed by atoms with Crippen LogP contribution < -0.4 is 0 Å². The van der Waals surface area contributed by atoms with Gasteiger partial charge in [0, 0.05) is 6.08 Å². The summed E-state index contributed by atoms with van der Waals surface area (Å²) in [7, 11) is 0. The first-order chi connectivity index (χ1) is 8.59. The number of benzene rings is 1. The fourth-order valence-electron chi connectivity index (χ4n) is 1.46. The number of rotatable bonds is 3. The van der Waals surface area contributed by atoms with Crippen molar-refractivity contribution >= 4 is 29.3 Å². The first-order valence-corrected chi connectivity index (χ1v) is 5.64. The third-order valence-corrected chi connectivity index (χ3v) is 2.83. The molecule has 0 spiro atoms. The van der Waals surface area contributed by atoms with Gasteiger partial charge < -0.3 is 0 Å². The first kappa shape index (κ1) is 12.6. The highest BCUT2D eigenvalue weighted by Gasteiger charge is 2.11. The summed E-state index contributed by atoms with van der Waals surface area (Å²) in [6.45, 7) is 0. The number of aromatic nitrogens is 2. The van der Waals surface area contributed by atoms with Gasteiger partial charge >= 0.3 is 0 Å². The second-order valence-corrected chi connectivity index (χ2v) is 4.11. The largest absolute Gasteiger partial charge is 0.296 e. The van der Waals surface area contributed by atoms with Crippen molar-refractivity contribution < 1.29 is 4.92 Å². The van der Waals surface area contributed by atoms with Gasteiger partial charge in [-0.05, 0) is 12.1 Å². The Kier molecular flexibility index (Phi) is 3.64. The predicted octanol–water partition coefficient (Wildman–Crippen LogP) is 3.43. The highest BCUT2D eigenvalue weighted by Crippen LogP contribution is 2.25. The molecule has 7 heteroatoms. The van der Waals surface area contributed by atoms with Gasteiger partial charge in [0.2, 0.25) is 6.20 Å². The normalized spacial score (nSPS) is 11.0. The summed E-state index contributed by atoms with van der Waals surface area (Å²) in [5.41, 5.74) is 1.06. The Hall–Kier alpha value is -1.85. The van der Waals surface area contributed by atoms with Crippen LogP contribution in [0.1, 0.15) is 5.69 Å². The number of hydrogen-bond acceptors (Lipinski definition) is 3. The quantitative estimate of drug-likeness (QED) is 0.640. The number of nitrogens with zero attached hydrogens (tertiary/aromatic N) is 3. The molecule has 0 aliphatic rings. The first-order valence-electron chi connectivity index (χ1n) is 4.89. The minimum Gasteiger partial charge on any atom is -0.296 e. The monoisotopic (exact) mass is 283 g/mol. The molecule has 92 valence electrons. The molecule has 5 nitrogen and oxygen atoms in total. The van der Waals surface area contributed by atoms with Crippen LogP contribution in [0.4, 0.5) is 0 Å². The zero-order valence-corrected chi connectivity index (χ0v) is 10.5. The van der Waals surface area contributed by atoms with Crippen molar-refractivity contribution in [3.05, 3.63) is 62.8 Å². The Labute approximate surface area is 112 Å². The lowest BCUT2D eigenvalue weighted by atomic mass is 10.3. The van der Waals surface area contributed by atoms with Gasteiger partial charge in [-0.25, -0.2) is 4.98 Å². The second-order valence-electron chi connectivity index (χ2n) is 3.34. The average molecular weight is 284 g/mol. The zero-order chi connectivity index (χ0) is 13.1. The van der Waals surface area contributed by atoms with Gasteiger partial charge in [0.25, 0.3) is 0 Å². The third-order valence-electron chi connectivity index (χ3n) is 2.22. The highest BCUT2D eigenvalue weighted by molar-refractivity contribution is 6.32. The van der Waals surface area contributed by atoms with E-state index in [1.165, 1.54) is 12.4 Å². The van der Waals surface area contributed by atoms with E-state index in [0.717, 1.165) is 6.20 Å². The summed E-state index contributed by atoms with van der Waals surface area (Å²) in [4.78, 5) is 13.7. The van der Waals surface area contributed by atoms with Crippen LogP contribution >= 0.6 is 23.2 Å². The van der Waals surface area contributed by atoms with Gasteiger partial charge in [-0.3, -0.25) is 14.7 Å². The van der Waals surface area contributed by atoms with E-state index < -0.39 is 4.92 Å². The van der Waals surface area contributed by atoms with E-state index >= 15 is 0 Å². The van der Waals surface area contributed by atoms with Gasteiger partial charge in [-0.2, -0.15) is 0 Å². The van der Waals surface area contributed by atoms with Crippen molar-refractivity contribution in [2.45, 2.75) is 0 Å². The molecule has 1 aromatic carbocycles. The summed E-state index contributed by atoms with van der Waals surface area (Å²) < 4.78 is 1.59. The molecular weight excluding hydrogens is 277 g/mol. The van der Waals surface area contributed by atoms with E-state index in [9.17, 15) is 10.1 Å². The van der Waals surface area contributed by atoms with Crippen LogP contribution in [0.15, 0.2) is 36.8 Å². The van der Waals surface area contributed by atoms with Crippen LogP contribution in [0, 0.1) is 10.1 Å². The minimum atomic E-state index is -0.569. The molecule has 0 aliphatic carbocycles. The van der Waals surface area contributed by atoms with Crippen molar-refractivity contribution in [1.82, 2.24) is 9.55 Å². The van der Waals surface area contributed by atoms with Crippen LogP contribution in [0.2, 0.25) is 10.2 Å². The Morgan fingerprint density at radius 1 is 1.33 bits per heavy atom. The SMILES string of the molecule is O=[N+]([O-])C=Cc1c(Cl)ncn1-c1ccccc1Cl. The number of halogens is 2. The Bertz CT molecular complexity index is 623. The molecular formula is C11H7Cl2N3O2. The average Bonchev–Trinajstić information content (AvgIpc) is 2.68. The van der Waals surface area contributed by atoms with E-state index in [4.69, 9.17) is 23.2 Å². The van der Waals surface area contributed by atoms with Crippen molar-refractivity contribution in [3.8, 4) is 5.69 Å². The van der Waals surface area contributed by atoms with Crippen LogP contribution in [-0.2, 0) is 0 Å². The van der Waals surface area contributed by atoms with Gasteiger partial charge in [0.15, 0.2) is 5.15 Å². The number of imidazole rings is 1. The zero-order valence-electron chi connectivity index (χ0n) is 8.96. The molecule has 0 radical (unpaired) electrons. The second kappa shape index (κ2) is 5.20. The standard InChI is InChI=1S/C11H7Cl2N3O2/c12-8-3-1-2-4-9(8)15-7-14-11(13)10(15)5-6-16(17)18/h1-7H. The number of nitro groups is 1. The summed E-state index contributed by atoms with van der Waals surface area (Å²) >= 11 is 11.9. The maximum Gasteiger partial charge on any atom is 0.236 e. The maximum atomic E-state index is 10.3. The molecule has 0 saturated carbocycles. The lowest BCUT2D eigenvalue weighted by Gasteiger charge is -2.06. The lowest BCUT2D eigenvalue weighted by molar-refractivity contribution is -0.401. The van der Waals surface area contributed by atoms with E-state index in [2.05, 4.69) is 4.98 Å². The van der Waals surface area contributed by atoms with Gasteiger partial charge in [0.1, 0.15) is 6.33 Å². The molecule has 18 heavy (non-hydrogen) atoms. The summed E-state index contributed by atoms with van der Waals surface area (Å²) in [5.74, 6) is 0. The van der Waals surface area contributed by atoms with Crippen molar-refractivity contribution in [2.75, 3.05) is 0 Å². The Balaban J connectivity index is 2.53. The molecule has 0 saturated heterocycles. The highest BCUT2D eigenvalue weighted by atomic mass is 35.5. The molecule has 0 fully saturated rings. The fourth-order valence-corrected chi connectivity index (χ4v) is 1.88. The summed E-state index contributed by atoms with van der Waals surface area (Å²) in [6, 6.07) is 7.07. The van der Waals surface area contributed by atoms with Crippen molar-refractivity contribution in [3.63, 3.8) is 0 Å². The van der Waals surface area contributed by atoms with Crippen LogP contribution in [0.25, 0.3) is 11.8 Å². The summed E-state index contributed by atoms with van der Waals surface area (Å²) in [5, 5.41) is 11.0. The molecule has 0 amide bonds. The minimum absolute atomic E-state index is 0.174. The van der Waals surface area contributed by atoms with Crippen LogP contribution in [0.5, 0.6) is 0 Å². The number of hydrogen-bond donors (Lipinski definition) is 0. The molecule has 0 atom stereocenters. The molecule has 0 aliphatic heterocycles. The maximum absolute atomic E-state index is 10.3. The molecule has 2 aromatic rings. The van der Waals surface area contributed by atoms with E-state index in [-0.39, 0.29) is 5.15 Å². The molecule has 2 rings (SSSR count). The fraction of sp³-hybridized carbons (Fsp3) is 0. The van der Waals surface area contributed by atoms with E-state index in [1.54, 1.807) is 28.8 Å².